The molecule has 22 heavy (non-hydrogen) atoms. The van der Waals surface area contributed by atoms with Crippen LogP contribution in [0.3, 0.4) is 0 Å². The van der Waals surface area contributed by atoms with Crippen LogP contribution in [0.25, 0.3) is 11.3 Å². The number of carbonyl (C=O) groups is 1. The van der Waals surface area contributed by atoms with Crippen molar-refractivity contribution in [2.75, 3.05) is 13.2 Å². The van der Waals surface area contributed by atoms with Gasteiger partial charge < -0.3 is 19.9 Å². The second-order valence-corrected chi connectivity index (χ2v) is 5.24. The van der Waals surface area contributed by atoms with Crippen molar-refractivity contribution in [3.8, 4) is 11.3 Å². The molecule has 0 spiro atoms. The molecule has 0 aliphatic carbocycles. The SMILES string of the molecule is O=C(NCc1cc(-c2ccccc2)no1)NC[C@H]1CCCO1. The molecule has 1 aromatic carbocycles. The van der Waals surface area contributed by atoms with Crippen molar-refractivity contribution >= 4 is 6.03 Å². The lowest BCUT2D eigenvalue weighted by atomic mass is 10.1. The van der Waals surface area contributed by atoms with Gasteiger partial charge in [-0.2, -0.15) is 0 Å². The number of nitrogens with zero attached hydrogens (tertiary/aromatic N) is 1. The quantitative estimate of drug-likeness (QED) is 0.888. The first-order valence-electron chi connectivity index (χ1n) is 7.45. The van der Waals surface area contributed by atoms with Crippen LogP contribution in [0.4, 0.5) is 4.79 Å². The summed E-state index contributed by atoms with van der Waals surface area (Å²) < 4.78 is 10.7. The summed E-state index contributed by atoms with van der Waals surface area (Å²) in [4.78, 5) is 11.7. The van der Waals surface area contributed by atoms with Gasteiger partial charge in [0.2, 0.25) is 0 Å². The Kier molecular flexibility index (Phi) is 4.70. The van der Waals surface area contributed by atoms with E-state index < -0.39 is 0 Å². The largest absolute Gasteiger partial charge is 0.376 e. The van der Waals surface area contributed by atoms with Crippen LogP contribution in [-0.2, 0) is 11.3 Å². The second-order valence-electron chi connectivity index (χ2n) is 5.24. The van der Waals surface area contributed by atoms with E-state index in [1.165, 1.54) is 0 Å². The van der Waals surface area contributed by atoms with E-state index in [0.717, 1.165) is 30.7 Å². The summed E-state index contributed by atoms with van der Waals surface area (Å²) in [5.41, 5.74) is 1.75. The predicted molar refractivity (Wildman–Crippen MR) is 81.2 cm³/mol. The highest BCUT2D eigenvalue weighted by molar-refractivity contribution is 5.73. The average Bonchev–Trinajstić information content (AvgIpc) is 3.23. The third-order valence-electron chi connectivity index (χ3n) is 3.57. The standard InChI is InChI=1S/C16H19N3O3/c20-16(17-10-13-7-4-8-21-13)18-11-14-9-15(19-22-14)12-5-2-1-3-6-12/h1-3,5-6,9,13H,4,7-8,10-11H2,(H2,17,18,20)/t13-/m1/s1. The summed E-state index contributed by atoms with van der Waals surface area (Å²) in [6.45, 7) is 1.63. The summed E-state index contributed by atoms with van der Waals surface area (Å²) in [7, 11) is 0. The molecule has 1 saturated heterocycles. The first-order valence-corrected chi connectivity index (χ1v) is 7.45. The minimum atomic E-state index is -0.229. The molecule has 0 radical (unpaired) electrons. The molecule has 2 heterocycles. The molecule has 0 bridgehead atoms. The number of carbonyl (C=O) groups excluding carboxylic acids is 1. The Hall–Kier alpha value is -2.34. The fraction of sp³-hybridized carbons (Fsp3) is 0.375. The lowest BCUT2D eigenvalue weighted by Crippen LogP contribution is -2.39. The summed E-state index contributed by atoms with van der Waals surface area (Å²) in [6.07, 6.45) is 2.21. The maximum absolute atomic E-state index is 11.7. The van der Waals surface area contributed by atoms with Crippen molar-refractivity contribution in [2.24, 2.45) is 0 Å². The lowest BCUT2D eigenvalue weighted by molar-refractivity contribution is 0.111. The molecule has 1 aliphatic rings. The zero-order chi connectivity index (χ0) is 15.2. The molecule has 0 unspecified atom stereocenters. The van der Waals surface area contributed by atoms with E-state index in [9.17, 15) is 4.79 Å². The molecule has 1 atom stereocenters. The van der Waals surface area contributed by atoms with Crippen LogP contribution in [0, 0.1) is 0 Å². The van der Waals surface area contributed by atoms with Gasteiger partial charge in [0.25, 0.3) is 0 Å². The van der Waals surface area contributed by atoms with Crippen LogP contribution in [0.15, 0.2) is 40.9 Å². The molecule has 0 saturated carbocycles. The van der Waals surface area contributed by atoms with E-state index in [0.29, 0.717) is 18.8 Å². The van der Waals surface area contributed by atoms with Gasteiger partial charge in [-0.1, -0.05) is 35.5 Å². The highest BCUT2D eigenvalue weighted by atomic mass is 16.5. The van der Waals surface area contributed by atoms with Gasteiger partial charge in [0, 0.05) is 24.8 Å². The van der Waals surface area contributed by atoms with Crippen LogP contribution >= 0.6 is 0 Å². The van der Waals surface area contributed by atoms with Crippen LogP contribution < -0.4 is 10.6 Å². The molecular formula is C16H19N3O3. The number of rotatable bonds is 5. The van der Waals surface area contributed by atoms with E-state index in [4.69, 9.17) is 9.26 Å². The van der Waals surface area contributed by atoms with Gasteiger partial charge >= 0.3 is 6.03 Å². The first kappa shape index (κ1) is 14.6. The Bertz CT molecular complexity index is 606. The lowest BCUT2D eigenvalue weighted by Gasteiger charge is -2.10. The molecule has 116 valence electrons. The van der Waals surface area contributed by atoms with Gasteiger partial charge in [0.05, 0.1) is 12.6 Å². The minimum Gasteiger partial charge on any atom is -0.376 e. The molecule has 2 aromatic rings. The molecule has 6 nitrogen and oxygen atoms in total. The molecule has 1 fully saturated rings. The van der Waals surface area contributed by atoms with E-state index in [1.807, 2.05) is 36.4 Å². The second kappa shape index (κ2) is 7.09. The number of aromatic nitrogens is 1. The molecule has 1 aromatic heterocycles. The average molecular weight is 301 g/mol. The van der Waals surface area contributed by atoms with Crippen LogP contribution in [0.2, 0.25) is 0 Å². The highest BCUT2D eigenvalue weighted by Crippen LogP contribution is 2.18. The smallest absolute Gasteiger partial charge is 0.315 e. The van der Waals surface area contributed by atoms with Gasteiger partial charge in [0.1, 0.15) is 5.69 Å². The van der Waals surface area contributed by atoms with E-state index >= 15 is 0 Å². The van der Waals surface area contributed by atoms with Gasteiger partial charge in [-0.3, -0.25) is 0 Å². The Balaban J connectivity index is 1.45. The summed E-state index contributed by atoms with van der Waals surface area (Å²) in [5.74, 6) is 0.617. The van der Waals surface area contributed by atoms with Crippen molar-refractivity contribution < 1.29 is 14.1 Å². The van der Waals surface area contributed by atoms with E-state index in [1.54, 1.807) is 0 Å². The number of amides is 2. The topological polar surface area (TPSA) is 76.4 Å². The van der Waals surface area contributed by atoms with Crippen LogP contribution in [-0.4, -0.2) is 30.4 Å². The van der Waals surface area contributed by atoms with Gasteiger partial charge in [-0.05, 0) is 12.8 Å². The number of nitrogens with one attached hydrogen (secondary N) is 2. The Labute approximate surface area is 128 Å². The Morgan fingerprint density at radius 1 is 1.27 bits per heavy atom. The number of ether oxygens (including phenoxy) is 1. The first-order chi connectivity index (χ1) is 10.8. The zero-order valence-electron chi connectivity index (χ0n) is 12.2. The third kappa shape index (κ3) is 3.85. The van der Waals surface area contributed by atoms with E-state index in [-0.39, 0.29) is 12.1 Å². The summed E-state index contributed by atoms with van der Waals surface area (Å²) >= 11 is 0. The monoisotopic (exact) mass is 301 g/mol. The summed E-state index contributed by atoms with van der Waals surface area (Å²) in [5, 5.41) is 9.55. The maximum atomic E-state index is 11.7. The molecule has 3 rings (SSSR count). The molecule has 6 heteroatoms. The number of benzene rings is 1. The minimum absolute atomic E-state index is 0.140. The Morgan fingerprint density at radius 2 is 2.14 bits per heavy atom. The molecule has 1 aliphatic heterocycles. The normalized spacial score (nSPS) is 17.4. The molecule has 2 N–H and O–H groups in total. The fourth-order valence-electron chi connectivity index (χ4n) is 2.38. The third-order valence-corrected chi connectivity index (χ3v) is 3.57. The molecule has 2 amide bonds. The van der Waals surface area contributed by atoms with Crippen molar-refractivity contribution in [1.29, 1.82) is 0 Å². The van der Waals surface area contributed by atoms with Crippen molar-refractivity contribution in [1.82, 2.24) is 15.8 Å². The van der Waals surface area contributed by atoms with E-state index in [2.05, 4.69) is 15.8 Å². The number of urea groups is 1. The Morgan fingerprint density at radius 3 is 2.91 bits per heavy atom. The van der Waals surface area contributed by atoms with Crippen LogP contribution in [0.1, 0.15) is 18.6 Å². The van der Waals surface area contributed by atoms with Gasteiger partial charge in [0.15, 0.2) is 5.76 Å². The van der Waals surface area contributed by atoms with Crippen molar-refractivity contribution in [3.05, 3.63) is 42.2 Å². The van der Waals surface area contributed by atoms with Gasteiger partial charge in [-0.15, -0.1) is 0 Å². The summed E-state index contributed by atoms with van der Waals surface area (Å²) in [6, 6.07) is 11.4. The predicted octanol–water partition coefficient (Wildman–Crippen LogP) is 2.32. The van der Waals surface area contributed by atoms with Crippen molar-refractivity contribution in [2.45, 2.75) is 25.5 Å². The maximum Gasteiger partial charge on any atom is 0.315 e. The number of hydrogen-bond acceptors (Lipinski definition) is 4. The zero-order valence-corrected chi connectivity index (χ0v) is 12.2. The van der Waals surface area contributed by atoms with Gasteiger partial charge in [-0.25, -0.2) is 4.79 Å². The van der Waals surface area contributed by atoms with Crippen LogP contribution in [0.5, 0.6) is 0 Å². The highest BCUT2D eigenvalue weighted by Gasteiger charge is 2.16. The number of hydrogen-bond donors (Lipinski definition) is 2. The molecular weight excluding hydrogens is 282 g/mol. The van der Waals surface area contributed by atoms with Crippen molar-refractivity contribution in [3.63, 3.8) is 0 Å². The fourth-order valence-corrected chi connectivity index (χ4v) is 2.38.